The SMILES string of the molecule is COc1cccc(-c2ccc(N3CCN(C(=O)CN(C[C@@H]4CCCO4)C(=O)c4cccs4)CC3)nn2)c1. The van der Waals surface area contributed by atoms with Crippen molar-refractivity contribution in [1.29, 1.82) is 0 Å². The number of thiophene rings is 1. The first-order valence-electron chi connectivity index (χ1n) is 12.6. The Labute approximate surface area is 220 Å². The predicted molar refractivity (Wildman–Crippen MR) is 142 cm³/mol. The zero-order chi connectivity index (χ0) is 25.6. The quantitative estimate of drug-likeness (QED) is 0.450. The Kier molecular flexibility index (Phi) is 7.96. The van der Waals surface area contributed by atoms with E-state index >= 15 is 0 Å². The van der Waals surface area contributed by atoms with Gasteiger partial charge in [0.2, 0.25) is 5.91 Å². The van der Waals surface area contributed by atoms with Crippen molar-refractivity contribution in [3.05, 3.63) is 58.8 Å². The monoisotopic (exact) mass is 521 g/mol. The number of benzene rings is 1. The van der Waals surface area contributed by atoms with Crippen molar-refractivity contribution in [1.82, 2.24) is 20.0 Å². The lowest BCUT2D eigenvalue weighted by molar-refractivity contribution is -0.132. The topological polar surface area (TPSA) is 88.1 Å². The highest BCUT2D eigenvalue weighted by Crippen LogP contribution is 2.23. The number of carbonyl (C=O) groups excluding carboxylic acids is 2. The molecule has 1 atom stereocenters. The van der Waals surface area contributed by atoms with Crippen LogP contribution in [0, 0.1) is 0 Å². The molecule has 0 radical (unpaired) electrons. The van der Waals surface area contributed by atoms with Crippen LogP contribution in [-0.2, 0) is 9.53 Å². The minimum Gasteiger partial charge on any atom is -0.497 e. The molecule has 4 heterocycles. The van der Waals surface area contributed by atoms with Gasteiger partial charge in [0.05, 0.1) is 23.8 Å². The second-order valence-electron chi connectivity index (χ2n) is 9.17. The summed E-state index contributed by atoms with van der Waals surface area (Å²) in [6.07, 6.45) is 1.90. The normalized spacial score (nSPS) is 17.6. The molecule has 0 spiro atoms. The van der Waals surface area contributed by atoms with E-state index in [2.05, 4.69) is 15.1 Å². The van der Waals surface area contributed by atoms with Gasteiger partial charge in [-0.15, -0.1) is 21.5 Å². The summed E-state index contributed by atoms with van der Waals surface area (Å²) in [6.45, 7) is 3.67. The van der Waals surface area contributed by atoms with Gasteiger partial charge in [0.1, 0.15) is 12.3 Å². The molecule has 2 aromatic heterocycles. The van der Waals surface area contributed by atoms with Crippen LogP contribution in [0.4, 0.5) is 5.82 Å². The van der Waals surface area contributed by atoms with E-state index < -0.39 is 0 Å². The molecule has 0 aliphatic carbocycles. The maximum atomic E-state index is 13.2. The van der Waals surface area contributed by atoms with E-state index in [4.69, 9.17) is 9.47 Å². The van der Waals surface area contributed by atoms with E-state index in [1.165, 1.54) is 11.3 Å². The molecule has 2 aliphatic rings. The zero-order valence-corrected chi connectivity index (χ0v) is 21.7. The van der Waals surface area contributed by atoms with Gasteiger partial charge >= 0.3 is 0 Å². The Morgan fingerprint density at radius 1 is 1.11 bits per heavy atom. The molecule has 0 unspecified atom stereocenters. The molecule has 0 N–H and O–H groups in total. The maximum Gasteiger partial charge on any atom is 0.264 e. The summed E-state index contributed by atoms with van der Waals surface area (Å²) < 4.78 is 11.0. The lowest BCUT2D eigenvalue weighted by Gasteiger charge is -2.36. The highest BCUT2D eigenvalue weighted by molar-refractivity contribution is 7.12. The zero-order valence-electron chi connectivity index (χ0n) is 20.9. The summed E-state index contributed by atoms with van der Waals surface area (Å²) in [7, 11) is 1.64. The van der Waals surface area contributed by atoms with E-state index in [-0.39, 0.29) is 24.5 Å². The number of piperazine rings is 1. The van der Waals surface area contributed by atoms with Crippen LogP contribution in [0.5, 0.6) is 5.75 Å². The number of aromatic nitrogens is 2. The van der Waals surface area contributed by atoms with Gasteiger partial charge in [0.15, 0.2) is 5.82 Å². The first-order valence-corrected chi connectivity index (χ1v) is 13.4. The lowest BCUT2D eigenvalue weighted by Crippen LogP contribution is -2.52. The Morgan fingerprint density at radius 2 is 1.97 bits per heavy atom. The van der Waals surface area contributed by atoms with E-state index in [1.807, 2.05) is 52.7 Å². The van der Waals surface area contributed by atoms with Crippen LogP contribution >= 0.6 is 11.3 Å². The highest BCUT2D eigenvalue weighted by atomic mass is 32.1. The predicted octanol–water partition coefficient (Wildman–Crippen LogP) is 3.18. The molecule has 2 aliphatic heterocycles. The molecule has 2 amide bonds. The van der Waals surface area contributed by atoms with E-state index in [0.717, 1.165) is 35.7 Å². The fraction of sp³-hybridized carbons (Fsp3) is 0.407. The third kappa shape index (κ3) is 6.08. The van der Waals surface area contributed by atoms with Crippen LogP contribution in [-0.4, -0.2) is 90.9 Å². The van der Waals surface area contributed by atoms with Gasteiger partial charge in [-0.25, -0.2) is 0 Å². The Balaban J connectivity index is 1.18. The summed E-state index contributed by atoms with van der Waals surface area (Å²) in [5.41, 5.74) is 1.72. The van der Waals surface area contributed by atoms with Gasteiger partial charge in [-0.2, -0.15) is 0 Å². The molecular formula is C27H31N5O4S. The number of hydrogen-bond acceptors (Lipinski definition) is 8. The molecule has 2 saturated heterocycles. The summed E-state index contributed by atoms with van der Waals surface area (Å²) in [5.74, 6) is 1.41. The van der Waals surface area contributed by atoms with Crippen molar-refractivity contribution in [2.75, 3.05) is 57.9 Å². The second-order valence-corrected chi connectivity index (χ2v) is 10.1. The molecule has 1 aromatic carbocycles. The molecular weight excluding hydrogens is 490 g/mol. The molecule has 5 rings (SSSR count). The van der Waals surface area contributed by atoms with E-state index in [1.54, 1.807) is 18.1 Å². The summed E-state index contributed by atoms with van der Waals surface area (Å²) in [5, 5.41) is 10.7. The molecule has 10 heteroatoms. The summed E-state index contributed by atoms with van der Waals surface area (Å²) >= 11 is 1.40. The Hall–Kier alpha value is -3.50. The first kappa shape index (κ1) is 25.2. The lowest BCUT2D eigenvalue weighted by atomic mass is 10.1. The van der Waals surface area contributed by atoms with Crippen LogP contribution < -0.4 is 9.64 Å². The number of carbonyl (C=O) groups is 2. The van der Waals surface area contributed by atoms with Gasteiger partial charge in [-0.05, 0) is 48.6 Å². The van der Waals surface area contributed by atoms with Gasteiger partial charge in [0.25, 0.3) is 5.91 Å². The number of hydrogen-bond donors (Lipinski definition) is 0. The first-order chi connectivity index (χ1) is 18.1. The average Bonchev–Trinajstić information content (AvgIpc) is 3.67. The molecule has 37 heavy (non-hydrogen) atoms. The van der Waals surface area contributed by atoms with Crippen molar-refractivity contribution in [3.8, 4) is 17.0 Å². The van der Waals surface area contributed by atoms with E-state index in [0.29, 0.717) is 44.2 Å². The highest BCUT2D eigenvalue weighted by Gasteiger charge is 2.29. The fourth-order valence-corrected chi connectivity index (χ4v) is 5.38. The van der Waals surface area contributed by atoms with Crippen LogP contribution in [0.2, 0.25) is 0 Å². The summed E-state index contributed by atoms with van der Waals surface area (Å²) in [6, 6.07) is 15.3. The third-order valence-corrected chi connectivity index (χ3v) is 7.62. The van der Waals surface area contributed by atoms with Crippen molar-refractivity contribution in [3.63, 3.8) is 0 Å². The molecule has 0 saturated carbocycles. The number of rotatable bonds is 8. The maximum absolute atomic E-state index is 13.2. The van der Waals surface area contributed by atoms with Crippen molar-refractivity contribution in [2.45, 2.75) is 18.9 Å². The minimum atomic E-state index is -0.108. The molecule has 194 valence electrons. The van der Waals surface area contributed by atoms with Crippen molar-refractivity contribution >= 4 is 29.0 Å². The van der Waals surface area contributed by atoms with Gasteiger partial charge in [-0.3, -0.25) is 9.59 Å². The van der Waals surface area contributed by atoms with Crippen LogP contribution in [0.1, 0.15) is 22.5 Å². The van der Waals surface area contributed by atoms with Gasteiger partial charge in [-0.1, -0.05) is 18.2 Å². The van der Waals surface area contributed by atoms with Crippen LogP contribution in [0.3, 0.4) is 0 Å². The Morgan fingerprint density at radius 3 is 2.65 bits per heavy atom. The molecule has 0 bridgehead atoms. The van der Waals surface area contributed by atoms with Crippen LogP contribution in [0.25, 0.3) is 11.3 Å². The van der Waals surface area contributed by atoms with Gasteiger partial charge < -0.3 is 24.2 Å². The number of methoxy groups -OCH3 is 1. The van der Waals surface area contributed by atoms with Crippen LogP contribution in [0.15, 0.2) is 53.9 Å². The van der Waals surface area contributed by atoms with Crippen molar-refractivity contribution < 1.29 is 19.1 Å². The third-order valence-electron chi connectivity index (χ3n) is 6.77. The smallest absolute Gasteiger partial charge is 0.264 e. The molecule has 3 aromatic rings. The number of ether oxygens (including phenoxy) is 2. The summed E-state index contributed by atoms with van der Waals surface area (Å²) in [4.78, 5) is 32.5. The Bertz CT molecular complexity index is 1190. The molecule has 9 nitrogen and oxygen atoms in total. The largest absolute Gasteiger partial charge is 0.497 e. The number of amides is 2. The average molecular weight is 522 g/mol. The standard InChI is InChI=1S/C27H31N5O4S/c1-35-21-6-2-5-20(17-21)23-9-10-25(29-28-23)30-11-13-31(14-12-30)26(33)19-32(18-22-7-3-15-36-22)27(34)24-8-4-16-37-24/h2,4-6,8-10,16-17,22H,3,7,11-15,18-19H2,1H3/t22-/m0/s1. The number of anilines is 1. The molecule has 2 fully saturated rings. The van der Waals surface area contributed by atoms with Crippen molar-refractivity contribution in [2.24, 2.45) is 0 Å². The number of nitrogens with zero attached hydrogens (tertiary/aromatic N) is 5. The second kappa shape index (κ2) is 11.7. The minimum absolute atomic E-state index is 0.00733. The van der Waals surface area contributed by atoms with E-state index in [9.17, 15) is 9.59 Å². The fourth-order valence-electron chi connectivity index (χ4n) is 4.69. The van der Waals surface area contributed by atoms with Gasteiger partial charge in [0, 0.05) is 44.9 Å².